The van der Waals surface area contributed by atoms with E-state index in [-0.39, 0.29) is 29.0 Å². The number of aliphatic hydroxyl groups is 3. The Hall–Kier alpha value is -2.64. The first-order chi connectivity index (χ1) is 25.0. The summed E-state index contributed by atoms with van der Waals surface area (Å²) in [5, 5.41) is 30.0. The topological polar surface area (TPSA) is 121 Å². The molecular formula is C47H73NO5. The molecule has 6 nitrogen and oxygen atoms in total. The molecule has 4 rings (SSSR count). The average molecular weight is 732 g/mol. The molecule has 0 aromatic carbocycles. The number of Topliss-reactive ketones (excluding diaryl/α,β-unsaturated/α-hetero) is 1. The third-order valence-corrected chi connectivity index (χ3v) is 13.1. The van der Waals surface area contributed by atoms with Crippen LogP contribution in [-0.4, -0.2) is 50.7 Å². The molecule has 6 heteroatoms. The molecule has 0 spiro atoms. The number of rotatable bonds is 14. The van der Waals surface area contributed by atoms with E-state index in [4.69, 9.17) is 5.73 Å². The molecule has 0 aromatic heterocycles. The monoisotopic (exact) mass is 732 g/mol. The van der Waals surface area contributed by atoms with Crippen LogP contribution in [0.1, 0.15) is 151 Å². The molecule has 53 heavy (non-hydrogen) atoms. The van der Waals surface area contributed by atoms with Crippen LogP contribution in [0.2, 0.25) is 0 Å². The number of aliphatic hydroxyl groups excluding tert-OH is 3. The lowest BCUT2D eigenvalue weighted by Crippen LogP contribution is -2.57. The number of ketones is 2. The van der Waals surface area contributed by atoms with Crippen molar-refractivity contribution in [2.24, 2.45) is 28.4 Å². The summed E-state index contributed by atoms with van der Waals surface area (Å²) in [5.74, 6) is 0.261. The van der Waals surface area contributed by atoms with E-state index in [0.29, 0.717) is 30.8 Å². The van der Waals surface area contributed by atoms with Gasteiger partial charge in [-0.3, -0.25) is 9.59 Å². The first-order valence-corrected chi connectivity index (χ1v) is 20.7. The van der Waals surface area contributed by atoms with Gasteiger partial charge in [-0.1, -0.05) is 120 Å². The maximum absolute atomic E-state index is 13.1. The van der Waals surface area contributed by atoms with Crippen LogP contribution in [0.3, 0.4) is 0 Å². The van der Waals surface area contributed by atoms with Crippen molar-refractivity contribution >= 4 is 11.6 Å². The fourth-order valence-electron chi connectivity index (χ4n) is 8.89. The van der Waals surface area contributed by atoms with Crippen LogP contribution in [0.25, 0.3) is 0 Å². The zero-order valence-electron chi connectivity index (χ0n) is 34.1. The third kappa shape index (κ3) is 11.4. The second kappa shape index (κ2) is 20.3. The van der Waals surface area contributed by atoms with Crippen LogP contribution < -0.4 is 5.73 Å². The van der Waals surface area contributed by atoms with E-state index in [2.05, 4.69) is 71.2 Å². The molecule has 4 fully saturated rings. The minimum Gasteiger partial charge on any atom is -0.388 e. The zero-order chi connectivity index (χ0) is 39.4. The van der Waals surface area contributed by atoms with Crippen molar-refractivity contribution in [3.8, 4) is 0 Å². The smallest absolute Gasteiger partial charge is 0.168 e. The maximum Gasteiger partial charge on any atom is 0.168 e. The van der Waals surface area contributed by atoms with Gasteiger partial charge in [0.25, 0.3) is 0 Å². The average Bonchev–Trinajstić information content (AvgIpc) is 3.41. The highest BCUT2D eigenvalue weighted by molar-refractivity contribution is 6.10. The highest BCUT2D eigenvalue weighted by atomic mass is 16.3. The molecule has 0 saturated heterocycles. The second-order valence-corrected chi connectivity index (χ2v) is 17.3. The Balaban J connectivity index is 0.000000452. The number of carbonyl (C=O) groups excluding carboxylic acids is 2. The Morgan fingerprint density at radius 1 is 0.906 bits per heavy atom. The van der Waals surface area contributed by atoms with Crippen molar-refractivity contribution in [2.45, 2.75) is 175 Å². The number of fused-ring (bicyclic) bond motifs is 1. The largest absolute Gasteiger partial charge is 0.388 e. The summed E-state index contributed by atoms with van der Waals surface area (Å²) in [6.07, 6.45) is 28.4. The molecular weight excluding hydrogens is 659 g/mol. The predicted molar refractivity (Wildman–Crippen MR) is 220 cm³/mol. The standard InChI is InChI=1S/C34H53NO4.C13H20O/c1-7-8-9-10-13-30(38)32(4,5)31(39)17-14-23(2)34(35)20-18-27-26(12-11-19-33(27,34)6)16-15-25-21-28(36)24(3)29(37)22-25;1-3-4-5-6-7-12-9-8-11(2)13(14)10-12/h14-17,23,27-29,36-37H,3,7-13,18-22,35H2,1-2,4-6H3;5-7,13-14H,2-4,8-10H2,1H3/b17-14+,25-15?,26-16+;6-5-,12-7+/t23?,27-,28+,29?,33?,34-;13-/m01/s1. The van der Waals surface area contributed by atoms with Crippen LogP contribution in [0.4, 0.5) is 0 Å². The van der Waals surface area contributed by atoms with Crippen LogP contribution in [-0.2, 0) is 9.59 Å². The van der Waals surface area contributed by atoms with E-state index >= 15 is 0 Å². The molecule has 4 saturated carbocycles. The van der Waals surface area contributed by atoms with Gasteiger partial charge in [0.05, 0.1) is 23.7 Å². The van der Waals surface area contributed by atoms with Gasteiger partial charge in [-0.05, 0) is 125 Å². The summed E-state index contributed by atoms with van der Waals surface area (Å²) in [4.78, 5) is 25.9. The Kier molecular flexibility index (Phi) is 17.2. The Bertz CT molecular complexity index is 1430. The Labute approximate surface area is 322 Å². The highest BCUT2D eigenvalue weighted by Gasteiger charge is 2.58. The second-order valence-electron chi connectivity index (χ2n) is 17.3. The number of hydrogen-bond acceptors (Lipinski definition) is 6. The number of carbonyl (C=O) groups is 2. The fourth-order valence-corrected chi connectivity index (χ4v) is 8.89. The van der Waals surface area contributed by atoms with Gasteiger partial charge in [0.1, 0.15) is 5.78 Å². The molecule has 0 aliphatic heterocycles. The molecule has 0 heterocycles. The van der Waals surface area contributed by atoms with Gasteiger partial charge in [0.2, 0.25) is 0 Å². The minimum atomic E-state index is -1.01. The quantitative estimate of drug-likeness (QED) is 0.0611. The van der Waals surface area contributed by atoms with Crippen molar-refractivity contribution < 1.29 is 24.9 Å². The third-order valence-electron chi connectivity index (χ3n) is 13.1. The molecule has 296 valence electrons. The van der Waals surface area contributed by atoms with E-state index in [1.165, 1.54) is 17.6 Å². The molecule has 0 bridgehead atoms. The minimum absolute atomic E-state index is 0.000683. The number of hydrogen-bond donors (Lipinski definition) is 4. The van der Waals surface area contributed by atoms with Crippen LogP contribution in [0, 0.1) is 22.7 Å². The zero-order valence-corrected chi connectivity index (χ0v) is 34.1. The van der Waals surface area contributed by atoms with Gasteiger partial charge in [0.15, 0.2) is 5.78 Å². The summed E-state index contributed by atoms with van der Waals surface area (Å²) in [6, 6.07) is 0. The first-order valence-electron chi connectivity index (χ1n) is 20.7. The van der Waals surface area contributed by atoms with Crippen molar-refractivity contribution in [3.05, 3.63) is 83.6 Å². The summed E-state index contributed by atoms with van der Waals surface area (Å²) in [7, 11) is 0. The van der Waals surface area contributed by atoms with E-state index in [1.54, 1.807) is 19.9 Å². The maximum atomic E-state index is 13.1. The summed E-state index contributed by atoms with van der Waals surface area (Å²) in [6.45, 7) is 19.9. The van der Waals surface area contributed by atoms with Crippen LogP contribution in [0.5, 0.6) is 0 Å². The van der Waals surface area contributed by atoms with Crippen LogP contribution >= 0.6 is 0 Å². The van der Waals surface area contributed by atoms with E-state index in [0.717, 1.165) is 94.6 Å². The highest BCUT2D eigenvalue weighted by Crippen LogP contribution is 2.60. The number of unbranched alkanes of at least 4 members (excludes halogenated alkanes) is 4. The molecule has 4 aliphatic carbocycles. The van der Waals surface area contributed by atoms with Gasteiger partial charge in [0, 0.05) is 12.0 Å². The Morgan fingerprint density at radius 2 is 1.58 bits per heavy atom. The van der Waals surface area contributed by atoms with Gasteiger partial charge in [-0.25, -0.2) is 0 Å². The molecule has 7 atom stereocenters. The van der Waals surface area contributed by atoms with Gasteiger partial charge in [-0.2, -0.15) is 0 Å². The predicted octanol–water partition coefficient (Wildman–Crippen LogP) is 9.91. The van der Waals surface area contributed by atoms with Gasteiger partial charge >= 0.3 is 0 Å². The number of allylic oxidation sites excluding steroid dienone is 7. The molecule has 4 aliphatic rings. The lowest BCUT2D eigenvalue weighted by atomic mass is 9.57. The lowest BCUT2D eigenvalue weighted by Gasteiger charge is -2.50. The van der Waals surface area contributed by atoms with Crippen molar-refractivity contribution in [3.63, 3.8) is 0 Å². The lowest BCUT2D eigenvalue weighted by molar-refractivity contribution is -0.136. The molecule has 0 aromatic rings. The van der Waals surface area contributed by atoms with Gasteiger partial charge < -0.3 is 21.1 Å². The fraction of sp³-hybridized carbons (Fsp3) is 0.660. The van der Waals surface area contributed by atoms with Crippen molar-refractivity contribution in [1.29, 1.82) is 0 Å². The van der Waals surface area contributed by atoms with E-state index < -0.39 is 23.2 Å². The molecule has 0 amide bonds. The van der Waals surface area contributed by atoms with Crippen LogP contribution in [0.15, 0.2) is 83.6 Å². The number of nitrogens with two attached hydrogens (primary N) is 1. The molecule has 0 radical (unpaired) electrons. The normalized spacial score (nSPS) is 32.4. The molecule has 5 N–H and O–H groups in total. The summed E-state index contributed by atoms with van der Waals surface area (Å²) in [5.41, 5.74) is 11.0. The molecule has 3 unspecified atom stereocenters. The van der Waals surface area contributed by atoms with E-state index in [9.17, 15) is 24.9 Å². The Morgan fingerprint density at radius 3 is 2.23 bits per heavy atom. The van der Waals surface area contributed by atoms with Crippen molar-refractivity contribution in [2.75, 3.05) is 0 Å². The summed E-state index contributed by atoms with van der Waals surface area (Å²) >= 11 is 0. The first kappa shape index (κ1) is 44.8. The SMILES string of the molecule is C=C1C(O)CC(=C/C=C2\CCCC3(C)[C@H]2CC[C@]3(N)C(C)/C=C/C(=O)C(C)(C)C(=O)CCCCCC)C[C@H]1O.C=C1CC/C(=C\C=C/CCC)C[C@H]1O. The van der Waals surface area contributed by atoms with E-state index in [1.807, 2.05) is 6.08 Å². The van der Waals surface area contributed by atoms with Gasteiger partial charge in [-0.15, -0.1) is 0 Å². The van der Waals surface area contributed by atoms with Crippen molar-refractivity contribution in [1.82, 2.24) is 0 Å². The summed E-state index contributed by atoms with van der Waals surface area (Å²) < 4.78 is 0.